The number of amidine groups is 1. The fourth-order valence-electron chi connectivity index (χ4n) is 1.96. The molecule has 1 N–H and O–H groups in total. The maximum Gasteiger partial charge on any atom is 0.411 e. The minimum absolute atomic E-state index is 0.172. The van der Waals surface area contributed by atoms with Gasteiger partial charge in [0.25, 0.3) is 0 Å². The number of rotatable bonds is 3. The average molecular weight is 266 g/mol. The van der Waals surface area contributed by atoms with Crippen LogP contribution < -0.4 is 5.32 Å². The van der Waals surface area contributed by atoms with Crippen LogP contribution in [-0.2, 0) is 0 Å². The Balaban J connectivity index is 1.93. The molecule has 0 saturated heterocycles. The zero-order valence-corrected chi connectivity index (χ0v) is 10.8. The van der Waals surface area contributed by atoms with Gasteiger partial charge in [-0.25, -0.2) is 0 Å². The molecule has 2 rings (SSSR count). The Kier molecular flexibility index (Phi) is 3.36. The van der Waals surface area contributed by atoms with E-state index in [-0.39, 0.29) is 18.9 Å². The SMILES string of the molecule is CC(C)CC1CSC(NC2(C(F)(F)F)CC2)=N1. The first kappa shape index (κ1) is 13.1. The van der Waals surface area contributed by atoms with Gasteiger partial charge in [-0.1, -0.05) is 25.6 Å². The quantitative estimate of drug-likeness (QED) is 0.848. The van der Waals surface area contributed by atoms with Gasteiger partial charge in [0.05, 0.1) is 6.04 Å². The van der Waals surface area contributed by atoms with Crippen molar-refractivity contribution in [2.75, 3.05) is 5.75 Å². The minimum atomic E-state index is -4.16. The van der Waals surface area contributed by atoms with Gasteiger partial charge in [-0.2, -0.15) is 13.2 Å². The Morgan fingerprint density at radius 3 is 2.59 bits per heavy atom. The van der Waals surface area contributed by atoms with E-state index in [1.807, 2.05) is 0 Å². The summed E-state index contributed by atoms with van der Waals surface area (Å²) in [7, 11) is 0. The molecule has 1 atom stereocenters. The number of thioether (sulfide) groups is 1. The van der Waals surface area contributed by atoms with Crippen LogP contribution in [0.5, 0.6) is 0 Å². The highest BCUT2D eigenvalue weighted by Gasteiger charge is 2.64. The second-order valence-corrected chi connectivity index (χ2v) is 6.24. The van der Waals surface area contributed by atoms with Crippen molar-refractivity contribution >= 4 is 16.9 Å². The molecular weight excluding hydrogens is 249 g/mol. The van der Waals surface area contributed by atoms with Crippen molar-refractivity contribution in [1.29, 1.82) is 0 Å². The van der Waals surface area contributed by atoms with Crippen LogP contribution >= 0.6 is 11.8 Å². The Hall–Kier alpha value is -0.390. The van der Waals surface area contributed by atoms with Crippen LogP contribution in [0.4, 0.5) is 13.2 Å². The van der Waals surface area contributed by atoms with E-state index in [0.29, 0.717) is 11.1 Å². The molecule has 0 aromatic rings. The van der Waals surface area contributed by atoms with Gasteiger partial charge in [0.2, 0.25) is 0 Å². The monoisotopic (exact) mass is 266 g/mol. The minimum Gasteiger partial charge on any atom is -0.351 e. The second-order valence-electron chi connectivity index (χ2n) is 5.23. The highest BCUT2D eigenvalue weighted by Crippen LogP contribution is 2.49. The molecule has 1 aliphatic carbocycles. The summed E-state index contributed by atoms with van der Waals surface area (Å²) in [5, 5.41) is 3.07. The summed E-state index contributed by atoms with van der Waals surface area (Å²) >= 11 is 1.41. The lowest BCUT2D eigenvalue weighted by atomic mass is 10.1. The van der Waals surface area contributed by atoms with Crippen LogP contribution in [0.25, 0.3) is 0 Å². The Bertz CT molecular complexity index is 321. The van der Waals surface area contributed by atoms with Crippen LogP contribution in [0.2, 0.25) is 0 Å². The first-order chi connectivity index (χ1) is 7.82. The Morgan fingerprint density at radius 2 is 2.12 bits per heavy atom. The van der Waals surface area contributed by atoms with Crippen molar-refractivity contribution < 1.29 is 13.2 Å². The van der Waals surface area contributed by atoms with Crippen LogP contribution in [0, 0.1) is 5.92 Å². The van der Waals surface area contributed by atoms with Crippen LogP contribution in [0.1, 0.15) is 33.1 Å². The van der Waals surface area contributed by atoms with E-state index in [9.17, 15) is 13.2 Å². The number of halogens is 3. The van der Waals surface area contributed by atoms with Crippen molar-refractivity contribution in [3.63, 3.8) is 0 Å². The number of alkyl halides is 3. The van der Waals surface area contributed by atoms with Gasteiger partial charge in [0, 0.05) is 5.75 Å². The number of nitrogens with one attached hydrogen (secondary N) is 1. The molecule has 0 amide bonds. The van der Waals surface area contributed by atoms with Crippen molar-refractivity contribution in [3.8, 4) is 0 Å². The summed E-state index contributed by atoms with van der Waals surface area (Å²) in [6.45, 7) is 4.20. The fourth-order valence-corrected chi connectivity index (χ4v) is 3.01. The first-order valence-electron chi connectivity index (χ1n) is 5.88. The normalized spacial score (nSPS) is 27.2. The van der Waals surface area contributed by atoms with E-state index in [1.54, 1.807) is 0 Å². The number of hydrogen-bond acceptors (Lipinski definition) is 3. The van der Waals surface area contributed by atoms with E-state index >= 15 is 0 Å². The summed E-state index contributed by atoms with van der Waals surface area (Å²) in [5.41, 5.74) is -1.68. The van der Waals surface area contributed by atoms with Gasteiger partial charge in [-0.05, 0) is 25.2 Å². The molecule has 98 valence electrons. The maximum absolute atomic E-state index is 12.7. The molecule has 0 spiro atoms. The predicted octanol–water partition coefficient (Wildman–Crippen LogP) is 3.19. The molecule has 1 unspecified atom stereocenters. The molecule has 6 heteroatoms. The first-order valence-corrected chi connectivity index (χ1v) is 6.86. The zero-order valence-electron chi connectivity index (χ0n) is 9.97. The molecule has 1 saturated carbocycles. The molecular formula is C11H17F3N2S. The van der Waals surface area contributed by atoms with Crippen molar-refractivity contribution in [2.24, 2.45) is 10.9 Å². The maximum atomic E-state index is 12.7. The van der Waals surface area contributed by atoms with E-state index in [1.165, 1.54) is 11.8 Å². The van der Waals surface area contributed by atoms with Gasteiger partial charge in [0.1, 0.15) is 5.54 Å². The molecule has 2 nitrogen and oxygen atoms in total. The molecule has 1 heterocycles. The average Bonchev–Trinajstić information content (AvgIpc) is 2.82. The van der Waals surface area contributed by atoms with E-state index in [0.717, 1.165) is 12.2 Å². The highest BCUT2D eigenvalue weighted by atomic mass is 32.2. The van der Waals surface area contributed by atoms with Crippen molar-refractivity contribution in [3.05, 3.63) is 0 Å². The van der Waals surface area contributed by atoms with E-state index < -0.39 is 11.7 Å². The number of hydrogen-bond donors (Lipinski definition) is 1. The summed E-state index contributed by atoms with van der Waals surface area (Å²) < 4.78 is 38.2. The summed E-state index contributed by atoms with van der Waals surface area (Å²) in [4.78, 5) is 4.34. The number of nitrogens with zero attached hydrogens (tertiary/aromatic N) is 1. The number of aliphatic imine (C=N–C) groups is 1. The molecule has 0 aromatic carbocycles. The van der Waals surface area contributed by atoms with Gasteiger partial charge < -0.3 is 5.32 Å². The van der Waals surface area contributed by atoms with Gasteiger partial charge >= 0.3 is 6.18 Å². The predicted molar refractivity (Wildman–Crippen MR) is 64.3 cm³/mol. The largest absolute Gasteiger partial charge is 0.411 e. The third-order valence-electron chi connectivity index (χ3n) is 3.09. The smallest absolute Gasteiger partial charge is 0.351 e. The summed E-state index contributed by atoms with van der Waals surface area (Å²) in [5.74, 6) is 1.33. The fraction of sp³-hybridized carbons (Fsp3) is 0.909. The third kappa shape index (κ3) is 2.89. The molecule has 0 bridgehead atoms. The molecule has 2 aliphatic rings. The molecule has 1 fully saturated rings. The zero-order chi connectivity index (χ0) is 12.7. The lowest BCUT2D eigenvalue weighted by Gasteiger charge is -2.21. The van der Waals surface area contributed by atoms with Crippen LogP contribution in [0.15, 0.2) is 4.99 Å². The highest BCUT2D eigenvalue weighted by molar-refractivity contribution is 8.14. The Labute approximate surface area is 103 Å². The van der Waals surface area contributed by atoms with E-state index in [4.69, 9.17) is 0 Å². The van der Waals surface area contributed by atoms with Crippen molar-refractivity contribution in [2.45, 2.75) is 50.9 Å². The lowest BCUT2D eigenvalue weighted by Crippen LogP contribution is -2.46. The topological polar surface area (TPSA) is 24.4 Å². The molecule has 0 radical (unpaired) electrons. The lowest BCUT2D eigenvalue weighted by molar-refractivity contribution is -0.161. The van der Waals surface area contributed by atoms with Crippen LogP contribution in [0.3, 0.4) is 0 Å². The van der Waals surface area contributed by atoms with Crippen molar-refractivity contribution in [1.82, 2.24) is 5.32 Å². The molecule has 0 aromatic heterocycles. The second kappa shape index (κ2) is 4.37. The van der Waals surface area contributed by atoms with Crippen LogP contribution in [-0.4, -0.2) is 28.7 Å². The summed E-state index contributed by atoms with van der Waals surface area (Å²) in [6, 6.07) is 0.173. The molecule has 17 heavy (non-hydrogen) atoms. The van der Waals surface area contributed by atoms with Gasteiger partial charge in [-0.15, -0.1) is 0 Å². The summed E-state index contributed by atoms with van der Waals surface area (Å²) in [6.07, 6.45) is -2.88. The van der Waals surface area contributed by atoms with E-state index in [2.05, 4.69) is 24.2 Å². The standard InChI is InChI=1S/C11H17F3N2S/c1-7(2)5-8-6-17-9(15-8)16-10(3-4-10)11(12,13)14/h7-8H,3-6H2,1-2H3,(H,15,16). The molecule has 1 aliphatic heterocycles. The Morgan fingerprint density at radius 1 is 1.47 bits per heavy atom. The van der Waals surface area contributed by atoms with Gasteiger partial charge in [-0.3, -0.25) is 4.99 Å². The van der Waals surface area contributed by atoms with Gasteiger partial charge in [0.15, 0.2) is 5.17 Å². The third-order valence-corrected chi connectivity index (χ3v) is 4.13.